The Labute approximate surface area is 124 Å². The van der Waals surface area contributed by atoms with Gasteiger partial charge in [-0.15, -0.1) is 0 Å². The lowest BCUT2D eigenvalue weighted by atomic mass is 10.2. The molecule has 0 aliphatic rings. The fraction of sp³-hybridized carbons (Fsp3) is 0.714. The van der Waals surface area contributed by atoms with Gasteiger partial charge in [0.05, 0.1) is 0 Å². The Morgan fingerprint density at radius 1 is 1.20 bits per heavy atom. The first kappa shape index (κ1) is 16.9. The van der Waals surface area contributed by atoms with Gasteiger partial charge in [-0.2, -0.15) is 0 Å². The third-order valence-corrected chi connectivity index (χ3v) is 3.95. The van der Waals surface area contributed by atoms with Crippen molar-refractivity contribution in [1.82, 2.24) is 9.97 Å². The van der Waals surface area contributed by atoms with Gasteiger partial charge in [-0.3, -0.25) is 4.21 Å². The van der Waals surface area contributed by atoms with E-state index in [1.54, 1.807) is 6.26 Å². The number of aromatic nitrogens is 2. The molecule has 1 rings (SSSR count). The van der Waals surface area contributed by atoms with Crippen LogP contribution in [0.5, 0.6) is 0 Å². The molecule has 114 valence electrons. The summed E-state index contributed by atoms with van der Waals surface area (Å²) in [6, 6.07) is 0.234. The molecule has 0 saturated heterocycles. The number of rotatable bonds is 7. The highest BCUT2D eigenvalue weighted by Gasteiger charge is 2.14. The summed E-state index contributed by atoms with van der Waals surface area (Å²) in [6.45, 7) is 8.25. The highest BCUT2D eigenvalue weighted by molar-refractivity contribution is 7.84. The van der Waals surface area contributed by atoms with Gasteiger partial charge in [0.2, 0.25) is 0 Å². The monoisotopic (exact) mass is 298 g/mol. The molecule has 2 unspecified atom stereocenters. The van der Waals surface area contributed by atoms with Crippen LogP contribution in [0.25, 0.3) is 0 Å². The molecular weight excluding hydrogens is 272 g/mol. The molecule has 1 heterocycles. The Kier molecular flexibility index (Phi) is 6.39. The second-order valence-corrected chi connectivity index (χ2v) is 6.97. The summed E-state index contributed by atoms with van der Waals surface area (Å²) in [7, 11) is 1.12. The summed E-state index contributed by atoms with van der Waals surface area (Å²) in [6.07, 6.45) is 2.59. The van der Waals surface area contributed by atoms with Crippen molar-refractivity contribution < 1.29 is 4.21 Å². The van der Waals surface area contributed by atoms with Gasteiger partial charge >= 0.3 is 0 Å². The first-order valence-corrected chi connectivity index (χ1v) is 8.70. The number of anilines is 2. The first-order valence-electron chi connectivity index (χ1n) is 6.98. The fourth-order valence-electron chi connectivity index (χ4n) is 1.82. The van der Waals surface area contributed by atoms with Crippen LogP contribution in [0.2, 0.25) is 0 Å². The van der Waals surface area contributed by atoms with Crippen LogP contribution >= 0.6 is 0 Å². The minimum atomic E-state index is -0.752. The maximum Gasteiger partial charge on any atom is 0.135 e. The van der Waals surface area contributed by atoms with E-state index in [9.17, 15) is 4.21 Å². The standard InChI is InChI=1S/C14H26N4OS/c1-9(2)12-17-13(15-5)11(4)14(18-12)16-10(3)7-8-20(6)19/h9-10H,7-8H2,1-6H3,(H2,15,16,17,18). The third kappa shape index (κ3) is 4.74. The Morgan fingerprint density at radius 3 is 2.30 bits per heavy atom. The molecule has 0 spiro atoms. The molecule has 20 heavy (non-hydrogen) atoms. The Balaban J connectivity index is 2.92. The summed E-state index contributed by atoms with van der Waals surface area (Å²) in [5.74, 6) is 3.53. The van der Waals surface area contributed by atoms with Gasteiger partial charge in [0, 0.05) is 47.4 Å². The van der Waals surface area contributed by atoms with E-state index in [-0.39, 0.29) is 12.0 Å². The van der Waals surface area contributed by atoms with Gasteiger partial charge in [-0.1, -0.05) is 13.8 Å². The topological polar surface area (TPSA) is 66.9 Å². The van der Waals surface area contributed by atoms with Crippen LogP contribution in [-0.2, 0) is 10.8 Å². The van der Waals surface area contributed by atoms with Gasteiger partial charge in [-0.25, -0.2) is 9.97 Å². The molecule has 1 aromatic heterocycles. The molecule has 0 aliphatic heterocycles. The largest absolute Gasteiger partial charge is 0.373 e. The summed E-state index contributed by atoms with van der Waals surface area (Å²) in [5, 5.41) is 6.52. The van der Waals surface area contributed by atoms with E-state index in [2.05, 4.69) is 41.4 Å². The lowest BCUT2D eigenvalue weighted by Crippen LogP contribution is -2.20. The van der Waals surface area contributed by atoms with Crippen molar-refractivity contribution >= 4 is 22.4 Å². The quantitative estimate of drug-likeness (QED) is 0.809. The number of nitrogens with one attached hydrogen (secondary N) is 2. The molecule has 0 aromatic carbocycles. The van der Waals surface area contributed by atoms with Crippen molar-refractivity contribution in [3.8, 4) is 0 Å². The second-order valence-electron chi connectivity index (χ2n) is 5.42. The van der Waals surface area contributed by atoms with E-state index in [4.69, 9.17) is 0 Å². The number of hydrogen-bond acceptors (Lipinski definition) is 5. The number of nitrogens with zero attached hydrogens (tertiary/aromatic N) is 2. The lowest BCUT2D eigenvalue weighted by Gasteiger charge is -2.19. The molecule has 6 heteroatoms. The molecule has 5 nitrogen and oxygen atoms in total. The SMILES string of the molecule is CNc1nc(C(C)C)nc(NC(C)CCS(C)=O)c1C. The van der Waals surface area contributed by atoms with Crippen LogP contribution in [0.1, 0.15) is 44.5 Å². The molecule has 0 bridgehead atoms. The molecule has 0 saturated carbocycles. The Bertz CT molecular complexity index is 476. The molecule has 0 fully saturated rings. The van der Waals surface area contributed by atoms with Crippen LogP contribution in [-0.4, -0.2) is 39.3 Å². The smallest absolute Gasteiger partial charge is 0.135 e. The summed E-state index contributed by atoms with van der Waals surface area (Å²) < 4.78 is 11.2. The Morgan fingerprint density at radius 2 is 1.80 bits per heavy atom. The highest BCUT2D eigenvalue weighted by atomic mass is 32.2. The molecule has 2 atom stereocenters. The molecule has 1 aromatic rings. The van der Waals surface area contributed by atoms with E-state index in [1.807, 2.05) is 14.0 Å². The van der Waals surface area contributed by atoms with Gasteiger partial charge in [0.25, 0.3) is 0 Å². The van der Waals surface area contributed by atoms with Crippen LogP contribution in [0.15, 0.2) is 0 Å². The molecule has 0 amide bonds. The van der Waals surface area contributed by atoms with Crippen LogP contribution in [0, 0.1) is 6.92 Å². The van der Waals surface area contributed by atoms with Crippen molar-refractivity contribution in [2.75, 3.05) is 29.7 Å². The van der Waals surface area contributed by atoms with Crippen molar-refractivity contribution in [2.24, 2.45) is 0 Å². The van der Waals surface area contributed by atoms with E-state index in [0.717, 1.165) is 29.4 Å². The van der Waals surface area contributed by atoms with E-state index in [0.29, 0.717) is 5.75 Å². The zero-order valence-corrected chi connectivity index (χ0v) is 14.1. The lowest BCUT2D eigenvalue weighted by molar-refractivity contribution is 0.677. The minimum absolute atomic E-state index is 0.234. The van der Waals surface area contributed by atoms with Gasteiger partial charge in [-0.05, 0) is 20.3 Å². The molecular formula is C14H26N4OS. The van der Waals surface area contributed by atoms with Crippen molar-refractivity contribution in [3.05, 3.63) is 11.4 Å². The van der Waals surface area contributed by atoms with Crippen molar-refractivity contribution in [2.45, 2.75) is 46.1 Å². The predicted molar refractivity (Wildman–Crippen MR) is 87.0 cm³/mol. The maximum atomic E-state index is 11.2. The van der Waals surface area contributed by atoms with E-state index < -0.39 is 10.8 Å². The normalized spacial score (nSPS) is 14.2. The number of hydrogen-bond donors (Lipinski definition) is 2. The molecule has 0 radical (unpaired) electrons. The zero-order chi connectivity index (χ0) is 15.3. The second kappa shape index (κ2) is 7.57. The van der Waals surface area contributed by atoms with Crippen LogP contribution in [0.4, 0.5) is 11.6 Å². The summed E-state index contributed by atoms with van der Waals surface area (Å²) >= 11 is 0. The van der Waals surface area contributed by atoms with E-state index in [1.165, 1.54) is 0 Å². The average molecular weight is 298 g/mol. The van der Waals surface area contributed by atoms with Gasteiger partial charge in [0.15, 0.2) is 0 Å². The fourth-order valence-corrected chi connectivity index (χ4v) is 2.51. The molecule has 0 aliphatic carbocycles. The van der Waals surface area contributed by atoms with Crippen LogP contribution < -0.4 is 10.6 Å². The molecule has 2 N–H and O–H groups in total. The Hall–Kier alpha value is -1.17. The average Bonchev–Trinajstić information content (AvgIpc) is 2.38. The van der Waals surface area contributed by atoms with Crippen molar-refractivity contribution in [3.63, 3.8) is 0 Å². The zero-order valence-electron chi connectivity index (χ0n) is 13.3. The van der Waals surface area contributed by atoms with Crippen LogP contribution in [0.3, 0.4) is 0 Å². The summed E-state index contributed by atoms with van der Waals surface area (Å²) in [4.78, 5) is 9.13. The first-order chi connectivity index (χ1) is 9.35. The minimum Gasteiger partial charge on any atom is -0.373 e. The predicted octanol–water partition coefficient (Wildman–Crippen LogP) is 2.52. The summed E-state index contributed by atoms with van der Waals surface area (Å²) in [5.41, 5.74) is 1.02. The maximum absolute atomic E-state index is 11.2. The third-order valence-electron chi connectivity index (χ3n) is 3.14. The van der Waals surface area contributed by atoms with Gasteiger partial charge < -0.3 is 10.6 Å². The van der Waals surface area contributed by atoms with E-state index >= 15 is 0 Å². The van der Waals surface area contributed by atoms with Crippen molar-refractivity contribution in [1.29, 1.82) is 0 Å². The highest BCUT2D eigenvalue weighted by Crippen LogP contribution is 2.23. The van der Waals surface area contributed by atoms with Gasteiger partial charge in [0.1, 0.15) is 17.5 Å².